The lowest BCUT2D eigenvalue weighted by molar-refractivity contribution is -0.142. The van der Waals surface area contributed by atoms with E-state index in [0.29, 0.717) is 17.9 Å². The first kappa shape index (κ1) is 17.4. The van der Waals surface area contributed by atoms with Crippen molar-refractivity contribution in [3.05, 3.63) is 53.7 Å². The number of benzene rings is 2. The molecule has 0 aliphatic heterocycles. The lowest BCUT2D eigenvalue weighted by Gasteiger charge is -2.04. The van der Waals surface area contributed by atoms with Gasteiger partial charge >= 0.3 is 5.97 Å². The van der Waals surface area contributed by atoms with Crippen LogP contribution in [0.2, 0.25) is 0 Å². The van der Waals surface area contributed by atoms with Gasteiger partial charge in [-0.1, -0.05) is 17.3 Å². The van der Waals surface area contributed by atoms with E-state index in [2.05, 4.69) is 17.3 Å². The maximum Gasteiger partial charge on any atom is 0.312 e. The van der Waals surface area contributed by atoms with Gasteiger partial charge < -0.3 is 14.0 Å². The van der Waals surface area contributed by atoms with Crippen LogP contribution in [0.15, 0.2) is 51.9 Å². The normalized spacial score (nSPS) is 10.8. The van der Waals surface area contributed by atoms with Gasteiger partial charge in [0.1, 0.15) is 11.4 Å². The van der Waals surface area contributed by atoms with Crippen molar-refractivity contribution in [2.45, 2.75) is 24.0 Å². The van der Waals surface area contributed by atoms with Gasteiger partial charge in [-0.25, -0.2) is 0 Å². The third-order valence-electron chi connectivity index (χ3n) is 3.70. The van der Waals surface area contributed by atoms with Crippen molar-refractivity contribution in [3.63, 3.8) is 0 Å². The van der Waals surface area contributed by atoms with Crippen LogP contribution in [0.3, 0.4) is 0 Å². The van der Waals surface area contributed by atoms with Gasteiger partial charge in [0.15, 0.2) is 5.58 Å². The maximum atomic E-state index is 11.7. The quantitative estimate of drug-likeness (QED) is 0.466. The van der Waals surface area contributed by atoms with E-state index in [0.717, 1.165) is 21.8 Å². The molecule has 0 aliphatic carbocycles. The molecule has 2 aromatic carbocycles. The number of rotatable bonds is 7. The third kappa shape index (κ3) is 4.33. The number of hydrogen-bond donors (Lipinski definition) is 0. The minimum atomic E-state index is -0.297. The summed E-state index contributed by atoms with van der Waals surface area (Å²) in [6, 6.07) is 13.9. The molecule has 0 atom stereocenters. The molecule has 0 spiro atoms. The molecule has 0 unspecified atom stereocenters. The van der Waals surface area contributed by atoms with Crippen molar-refractivity contribution in [3.8, 4) is 5.75 Å². The van der Waals surface area contributed by atoms with Gasteiger partial charge in [-0.15, -0.1) is 11.8 Å². The molecule has 130 valence electrons. The van der Waals surface area contributed by atoms with Gasteiger partial charge in [0.25, 0.3) is 0 Å². The lowest BCUT2D eigenvalue weighted by Crippen LogP contribution is -2.07. The van der Waals surface area contributed by atoms with Crippen molar-refractivity contribution in [1.82, 2.24) is 5.16 Å². The standard InChI is InChI=1S/C19H19NO4S/c1-3-23-19(21)11-17-16-10-15(8-9-18(16)24-20-17)25-12-13-4-6-14(22-2)7-5-13/h4-10H,3,11-12H2,1-2H3. The molecule has 1 aromatic heterocycles. The Balaban J connectivity index is 1.72. The van der Waals surface area contributed by atoms with Gasteiger partial charge in [-0.2, -0.15) is 0 Å². The molecular formula is C19H19NO4S. The lowest BCUT2D eigenvalue weighted by atomic mass is 10.2. The van der Waals surface area contributed by atoms with Crippen LogP contribution < -0.4 is 4.74 Å². The van der Waals surface area contributed by atoms with E-state index in [1.54, 1.807) is 25.8 Å². The second-order valence-electron chi connectivity index (χ2n) is 5.41. The van der Waals surface area contributed by atoms with Crippen LogP contribution in [-0.4, -0.2) is 24.8 Å². The van der Waals surface area contributed by atoms with E-state index in [9.17, 15) is 4.79 Å². The highest BCUT2D eigenvalue weighted by atomic mass is 32.2. The minimum absolute atomic E-state index is 0.118. The average molecular weight is 357 g/mol. The van der Waals surface area contributed by atoms with Gasteiger partial charge in [0.2, 0.25) is 0 Å². The molecule has 5 nitrogen and oxygen atoms in total. The predicted molar refractivity (Wildman–Crippen MR) is 96.9 cm³/mol. The van der Waals surface area contributed by atoms with Crippen LogP contribution in [0.5, 0.6) is 5.75 Å². The first-order chi connectivity index (χ1) is 12.2. The van der Waals surface area contributed by atoms with E-state index < -0.39 is 0 Å². The Kier molecular flexibility index (Phi) is 5.60. The molecule has 3 aromatic rings. The van der Waals surface area contributed by atoms with E-state index in [1.165, 1.54) is 5.56 Å². The summed E-state index contributed by atoms with van der Waals surface area (Å²) in [5.41, 5.74) is 2.50. The number of carbonyl (C=O) groups is 1. The Bertz CT molecular complexity index is 857. The topological polar surface area (TPSA) is 61.6 Å². The molecule has 6 heteroatoms. The number of aromatic nitrogens is 1. The maximum absolute atomic E-state index is 11.7. The first-order valence-electron chi connectivity index (χ1n) is 7.99. The zero-order valence-electron chi connectivity index (χ0n) is 14.2. The number of hydrogen-bond acceptors (Lipinski definition) is 6. The van der Waals surface area contributed by atoms with Crippen LogP contribution in [-0.2, 0) is 21.7 Å². The highest BCUT2D eigenvalue weighted by Crippen LogP contribution is 2.29. The first-order valence-corrected chi connectivity index (χ1v) is 8.98. The number of methoxy groups -OCH3 is 1. The molecule has 25 heavy (non-hydrogen) atoms. The van der Waals surface area contributed by atoms with E-state index in [1.807, 2.05) is 30.3 Å². The minimum Gasteiger partial charge on any atom is -0.497 e. The summed E-state index contributed by atoms with van der Waals surface area (Å²) >= 11 is 1.72. The Morgan fingerprint density at radius 1 is 1.20 bits per heavy atom. The van der Waals surface area contributed by atoms with E-state index in [-0.39, 0.29) is 12.4 Å². The summed E-state index contributed by atoms with van der Waals surface area (Å²) in [4.78, 5) is 12.8. The van der Waals surface area contributed by atoms with Gasteiger partial charge in [-0.05, 0) is 42.8 Å². The molecule has 0 amide bonds. The summed E-state index contributed by atoms with van der Waals surface area (Å²) in [5.74, 6) is 1.39. The van der Waals surface area contributed by atoms with Crippen LogP contribution in [0.1, 0.15) is 18.2 Å². The number of carbonyl (C=O) groups excluding carboxylic acids is 1. The smallest absolute Gasteiger partial charge is 0.312 e. The molecule has 0 radical (unpaired) electrons. The van der Waals surface area contributed by atoms with E-state index >= 15 is 0 Å². The fourth-order valence-corrected chi connectivity index (χ4v) is 3.31. The van der Waals surface area contributed by atoms with Crippen LogP contribution in [0.4, 0.5) is 0 Å². The van der Waals surface area contributed by atoms with Crippen LogP contribution in [0, 0.1) is 0 Å². The van der Waals surface area contributed by atoms with Crippen molar-refractivity contribution in [2.24, 2.45) is 0 Å². The summed E-state index contributed by atoms with van der Waals surface area (Å²) in [6.07, 6.45) is 0.118. The molecule has 0 fully saturated rings. The molecule has 0 N–H and O–H groups in total. The van der Waals surface area contributed by atoms with Crippen molar-refractivity contribution in [2.75, 3.05) is 13.7 Å². The largest absolute Gasteiger partial charge is 0.497 e. The second-order valence-corrected chi connectivity index (χ2v) is 6.45. The fraction of sp³-hybridized carbons (Fsp3) is 0.263. The Hall–Kier alpha value is -2.47. The zero-order chi connectivity index (χ0) is 17.6. The van der Waals surface area contributed by atoms with Gasteiger partial charge in [-0.3, -0.25) is 4.79 Å². The molecular weight excluding hydrogens is 338 g/mol. The molecule has 1 heterocycles. The number of ether oxygens (including phenoxy) is 2. The average Bonchev–Trinajstić information content (AvgIpc) is 3.03. The number of nitrogens with zero attached hydrogens (tertiary/aromatic N) is 1. The highest BCUT2D eigenvalue weighted by molar-refractivity contribution is 7.98. The van der Waals surface area contributed by atoms with Gasteiger partial charge in [0, 0.05) is 16.0 Å². The van der Waals surface area contributed by atoms with Crippen molar-refractivity contribution in [1.29, 1.82) is 0 Å². The Morgan fingerprint density at radius 2 is 2.00 bits per heavy atom. The van der Waals surface area contributed by atoms with Gasteiger partial charge in [0.05, 0.1) is 20.1 Å². The molecule has 0 saturated carbocycles. The molecule has 3 rings (SSSR count). The van der Waals surface area contributed by atoms with Crippen molar-refractivity contribution >= 4 is 28.7 Å². The SMILES string of the molecule is CCOC(=O)Cc1noc2ccc(SCc3ccc(OC)cc3)cc12. The fourth-order valence-electron chi connectivity index (χ4n) is 2.42. The predicted octanol–water partition coefficient (Wildman–Crippen LogP) is 4.23. The summed E-state index contributed by atoms with van der Waals surface area (Å²) in [5, 5.41) is 4.85. The summed E-state index contributed by atoms with van der Waals surface area (Å²) in [7, 11) is 1.66. The van der Waals surface area contributed by atoms with Crippen LogP contribution in [0.25, 0.3) is 11.0 Å². The third-order valence-corrected chi connectivity index (χ3v) is 4.76. The highest BCUT2D eigenvalue weighted by Gasteiger charge is 2.13. The zero-order valence-corrected chi connectivity index (χ0v) is 15.0. The Morgan fingerprint density at radius 3 is 2.72 bits per heavy atom. The molecule has 0 bridgehead atoms. The summed E-state index contributed by atoms with van der Waals surface area (Å²) < 4.78 is 15.4. The Labute approximate surface area is 150 Å². The second kappa shape index (κ2) is 8.07. The molecule has 0 saturated heterocycles. The van der Waals surface area contributed by atoms with E-state index in [4.69, 9.17) is 14.0 Å². The number of esters is 1. The van der Waals surface area contributed by atoms with Crippen molar-refractivity contribution < 1.29 is 18.8 Å². The van der Waals surface area contributed by atoms with Crippen LogP contribution >= 0.6 is 11.8 Å². The molecule has 0 aliphatic rings. The monoisotopic (exact) mass is 357 g/mol. The summed E-state index contributed by atoms with van der Waals surface area (Å²) in [6.45, 7) is 2.14. The number of fused-ring (bicyclic) bond motifs is 1. The number of thioether (sulfide) groups is 1.